The summed E-state index contributed by atoms with van der Waals surface area (Å²) < 4.78 is 11.2. The van der Waals surface area contributed by atoms with Crippen LogP contribution in [0.25, 0.3) is 0 Å². The zero-order chi connectivity index (χ0) is 26.1. The van der Waals surface area contributed by atoms with E-state index < -0.39 is 17.9 Å². The monoisotopic (exact) mass is 498 g/mol. The fourth-order valence-electron chi connectivity index (χ4n) is 4.64. The molecule has 36 heavy (non-hydrogen) atoms. The fraction of sp³-hybridized carbons (Fsp3) is 0.519. The highest BCUT2D eigenvalue weighted by atomic mass is 16.5. The van der Waals surface area contributed by atoms with Crippen LogP contribution in [0.1, 0.15) is 74.4 Å². The van der Waals surface area contributed by atoms with Crippen LogP contribution in [0.3, 0.4) is 0 Å². The predicted molar refractivity (Wildman–Crippen MR) is 136 cm³/mol. The minimum Gasteiger partial charge on any atom is -0.496 e. The third kappa shape index (κ3) is 6.46. The molecule has 0 spiro atoms. The molecule has 2 N–H and O–H groups in total. The Morgan fingerprint density at radius 1 is 1.11 bits per heavy atom. The van der Waals surface area contributed by atoms with Gasteiger partial charge in [-0.25, -0.2) is 0 Å². The molecule has 9 nitrogen and oxygen atoms in total. The lowest BCUT2D eigenvalue weighted by molar-refractivity contribution is -0.143. The van der Waals surface area contributed by atoms with Gasteiger partial charge in [-0.2, -0.15) is 0 Å². The first kappa shape index (κ1) is 27.3. The van der Waals surface area contributed by atoms with Crippen molar-refractivity contribution in [3.63, 3.8) is 0 Å². The van der Waals surface area contributed by atoms with E-state index in [1.807, 2.05) is 24.3 Å². The number of amides is 3. The number of ether oxygens (including phenoxy) is 1. The van der Waals surface area contributed by atoms with Crippen LogP contribution in [0, 0.1) is 5.92 Å². The van der Waals surface area contributed by atoms with Gasteiger partial charge in [0.25, 0.3) is 0 Å². The van der Waals surface area contributed by atoms with Crippen molar-refractivity contribution in [2.45, 2.75) is 59.0 Å². The molecular formula is C27H38N4O5. The number of hydrogen-bond donors (Lipinski definition) is 2. The van der Waals surface area contributed by atoms with Crippen molar-refractivity contribution in [3.05, 3.63) is 53.5 Å². The maximum atomic E-state index is 13.3. The largest absolute Gasteiger partial charge is 0.496 e. The Morgan fingerprint density at radius 2 is 1.86 bits per heavy atom. The highest BCUT2D eigenvalue weighted by Gasteiger charge is 2.41. The molecule has 1 saturated heterocycles. The van der Waals surface area contributed by atoms with Gasteiger partial charge >= 0.3 is 5.91 Å². The van der Waals surface area contributed by atoms with E-state index in [0.29, 0.717) is 31.0 Å². The van der Waals surface area contributed by atoms with E-state index in [2.05, 4.69) is 36.5 Å². The lowest BCUT2D eigenvalue weighted by Crippen LogP contribution is -2.51. The molecule has 196 valence electrons. The molecule has 2 aromatic rings. The summed E-state index contributed by atoms with van der Waals surface area (Å²) in [5.41, 5.74) is 5.82. The maximum absolute atomic E-state index is 13.3. The van der Waals surface area contributed by atoms with Crippen molar-refractivity contribution >= 4 is 17.7 Å². The smallest absolute Gasteiger partial charge is 0.305 e. The number of likely N-dealkylation sites (tertiary alicyclic amines) is 1. The van der Waals surface area contributed by atoms with Gasteiger partial charge in [0.1, 0.15) is 11.5 Å². The zero-order valence-electron chi connectivity index (χ0n) is 21.7. The number of piperidine rings is 1. The van der Waals surface area contributed by atoms with E-state index >= 15 is 0 Å². The first-order valence-electron chi connectivity index (χ1n) is 12.8. The number of nitrogens with zero attached hydrogens (tertiary/aromatic N) is 2. The fourth-order valence-corrected chi connectivity index (χ4v) is 4.64. The van der Waals surface area contributed by atoms with Crippen LogP contribution < -0.4 is 15.6 Å². The second-order valence-electron chi connectivity index (χ2n) is 8.94. The van der Waals surface area contributed by atoms with Crippen molar-refractivity contribution in [2.75, 3.05) is 26.7 Å². The number of carbonyl (C=O) groups is 3. The number of unbranched alkanes of at least 4 members (excludes halogenated alkanes) is 1. The number of methoxy groups -OCH3 is 1. The second kappa shape index (κ2) is 13.1. The van der Waals surface area contributed by atoms with Gasteiger partial charge in [-0.15, -0.1) is 0 Å². The van der Waals surface area contributed by atoms with Gasteiger partial charge in [0.2, 0.25) is 11.8 Å². The van der Waals surface area contributed by atoms with Crippen LogP contribution in [-0.4, -0.2) is 54.3 Å². The summed E-state index contributed by atoms with van der Waals surface area (Å²) >= 11 is 0. The average Bonchev–Trinajstić information content (AvgIpc) is 3.38. The molecule has 3 amide bonds. The van der Waals surface area contributed by atoms with Gasteiger partial charge in [-0.3, -0.25) is 30.1 Å². The number of furan rings is 1. The summed E-state index contributed by atoms with van der Waals surface area (Å²) in [6.45, 7) is 9.11. The van der Waals surface area contributed by atoms with Crippen molar-refractivity contribution < 1.29 is 23.5 Å². The van der Waals surface area contributed by atoms with Gasteiger partial charge in [-0.1, -0.05) is 45.4 Å². The van der Waals surface area contributed by atoms with E-state index in [0.717, 1.165) is 31.5 Å². The van der Waals surface area contributed by atoms with Crippen LogP contribution in [-0.2, 0) is 16.1 Å². The molecule has 1 aliphatic rings. The van der Waals surface area contributed by atoms with Crippen LogP contribution in [0.2, 0.25) is 0 Å². The molecule has 0 aliphatic carbocycles. The zero-order valence-corrected chi connectivity index (χ0v) is 21.7. The summed E-state index contributed by atoms with van der Waals surface area (Å²) in [7, 11) is 1.58. The Balaban J connectivity index is 1.74. The van der Waals surface area contributed by atoms with Gasteiger partial charge < -0.3 is 14.1 Å². The van der Waals surface area contributed by atoms with Gasteiger partial charge in [0.05, 0.1) is 25.6 Å². The number of benzene rings is 1. The number of para-hydroxylation sites is 1. The van der Waals surface area contributed by atoms with E-state index in [1.54, 1.807) is 24.1 Å². The second-order valence-corrected chi connectivity index (χ2v) is 8.94. The number of rotatable bonds is 11. The maximum Gasteiger partial charge on any atom is 0.305 e. The van der Waals surface area contributed by atoms with Crippen LogP contribution >= 0.6 is 0 Å². The Labute approximate surface area is 213 Å². The van der Waals surface area contributed by atoms with Crippen molar-refractivity contribution in [2.24, 2.45) is 5.92 Å². The molecule has 0 bridgehead atoms. The Hall–Kier alpha value is -3.33. The van der Waals surface area contributed by atoms with Crippen LogP contribution in [0.15, 0.2) is 40.8 Å². The topological polar surface area (TPSA) is 104 Å². The summed E-state index contributed by atoms with van der Waals surface area (Å²) in [5.74, 6) is 0.0124. The minimum atomic E-state index is -0.550. The molecule has 2 unspecified atom stereocenters. The number of carbonyl (C=O) groups excluding carboxylic acids is 3. The number of hydrogen-bond acceptors (Lipinski definition) is 6. The summed E-state index contributed by atoms with van der Waals surface area (Å²) in [6.07, 6.45) is 2.40. The molecule has 9 heteroatoms. The molecule has 0 radical (unpaired) electrons. The normalized spacial score (nSPS) is 17.8. The first-order valence-corrected chi connectivity index (χ1v) is 12.8. The van der Waals surface area contributed by atoms with Crippen LogP contribution in [0.5, 0.6) is 5.75 Å². The third-order valence-electron chi connectivity index (χ3n) is 6.71. The standard InChI is InChI=1S/C27H38N4O5/c1-5-8-17-31-24(32)16-14-21(25(31)20-11-9-10-12-22(20)35-4)26(33)28-29-27(34)23-15-13-19(36-23)18-30(6-2)7-3/h9-13,15,21,25H,5-8,14,16-18H2,1-4H3,(H,28,33)(H,29,34). The van der Waals surface area contributed by atoms with Gasteiger partial charge in [0.15, 0.2) is 5.76 Å². The van der Waals surface area contributed by atoms with Crippen molar-refractivity contribution in [3.8, 4) is 5.75 Å². The van der Waals surface area contributed by atoms with E-state index in [9.17, 15) is 14.4 Å². The molecule has 2 atom stereocenters. The summed E-state index contributed by atoms with van der Waals surface area (Å²) in [6, 6.07) is 10.3. The number of hydrazine groups is 1. The summed E-state index contributed by atoms with van der Waals surface area (Å²) in [5, 5.41) is 0. The third-order valence-corrected chi connectivity index (χ3v) is 6.71. The lowest BCUT2D eigenvalue weighted by atomic mass is 9.83. The average molecular weight is 499 g/mol. The molecule has 1 aromatic heterocycles. The highest BCUT2D eigenvalue weighted by Crippen LogP contribution is 2.40. The quantitative estimate of drug-likeness (QED) is 0.458. The van der Waals surface area contributed by atoms with E-state index in [-0.39, 0.29) is 24.0 Å². The Morgan fingerprint density at radius 3 is 2.56 bits per heavy atom. The predicted octanol–water partition coefficient (Wildman–Crippen LogP) is 3.67. The van der Waals surface area contributed by atoms with Gasteiger partial charge in [0, 0.05) is 18.5 Å². The minimum absolute atomic E-state index is 0.0174. The first-order chi connectivity index (χ1) is 17.4. The molecule has 2 heterocycles. The molecule has 1 aromatic carbocycles. The Kier molecular flexibility index (Phi) is 9.93. The lowest BCUT2D eigenvalue weighted by Gasteiger charge is -2.41. The molecule has 0 saturated carbocycles. The molecule has 3 rings (SSSR count). The van der Waals surface area contributed by atoms with E-state index in [1.165, 1.54) is 0 Å². The van der Waals surface area contributed by atoms with E-state index in [4.69, 9.17) is 9.15 Å². The Bertz CT molecular complexity index is 1030. The molecule has 1 aliphatic heterocycles. The SMILES string of the molecule is CCCCN1C(=O)CCC(C(=O)NNC(=O)c2ccc(CN(CC)CC)o2)C1c1ccccc1OC. The van der Waals surface area contributed by atoms with Crippen LogP contribution in [0.4, 0.5) is 0 Å². The highest BCUT2D eigenvalue weighted by molar-refractivity contribution is 5.93. The van der Waals surface area contributed by atoms with Crippen molar-refractivity contribution in [1.29, 1.82) is 0 Å². The van der Waals surface area contributed by atoms with Crippen molar-refractivity contribution in [1.82, 2.24) is 20.7 Å². The molecular weight excluding hydrogens is 460 g/mol. The molecule has 1 fully saturated rings. The summed E-state index contributed by atoms with van der Waals surface area (Å²) in [4.78, 5) is 42.8. The van der Waals surface area contributed by atoms with Gasteiger partial charge in [-0.05, 0) is 44.1 Å². The number of nitrogens with one attached hydrogen (secondary N) is 2.